The van der Waals surface area contributed by atoms with E-state index in [-0.39, 0.29) is 5.78 Å². The van der Waals surface area contributed by atoms with Crippen LogP contribution in [0.1, 0.15) is 20.8 Å². The smallest absolute Gasteiger partial charge is 0.225 e. The van der Waals surface area contributed by atoms with Gasteiger partial charge >= 0.3 is 0 Å². The fourth-order valence-corrected chi connectivity index (χ4v) is 1.90. The first-order valence-corrected chi connectivity index (χ1v) is 5.82. The van der Waals surface area contributed by atoms with Crippen LogP contribution in [0.3, 0.4) is 0 Å². The van der Waals surface area contributed by atoms with Gasteiger partial charge in [0, 0.05) is 13.1 Å². The predicted molar refractivity (Wildman–Crippen MR) is 63.6 cm³/mol. The van der Waals surface area contributed by atoms with Crippen LogP contribution in [-0.4, -0.2) is 57.5 Å². The van der Waals surface area contributed by atoms with Gasteiger partial charge in [-0.15, -0.1) is 0 Å². The highest BCUT2D eigenvalue weighted by molar-refractivity contribution is 5.88. The molecule has 0 aromatic rings. The van der Waals surface area contributed by atoms with Crippen LogP contribution in [0.15, 0.2) is 12.3 Å². The molecule has 0 bridgehead atoms. The molecule has 1 rings (SSSR count). The normalized spacial score (nSPS) is 34.7. The second-order valence-corrected chi connectivity index (χ2v) is 4.66. The van der Waals surface area contributed by atoms with Crippen molar-refractivity contribution >= 4 is 11.7 Å². The maximum absolute atomic E-state index is 14.4. The Morgan fingerprint density at radius 1 is 1.47 bits per heavy atom. The number of carbonyl (C=O) groups is 2. The fourth-order valence-electron chi connectivity index (χ4n) is 1.90. The monoisotopic (exact) mass is 275 g/mol. The van der Waals surface area contributed by atoms with E-state index in [1.165, 1.54) is 13.8 Å². The number of carbonyl (C=O) groups excluding carboxylic acids is 2. The van der Waals surface area contributed by atoms with Gasteiger partial charge in [-0.3, -0.25) is 14.5 Å². The lowest BCUT2D eigenvalue weighted by atomic mass is 9.98. The Morgan fingerprint density at radius 3 is 2.42 bits per heavy atom. The third-order valence-electron chi connectivity index (χ3n) is 2.98. The van der Waals surface area contributed by atoms with Crippen LogP contribution in [-0.2, 0) is 14.3 Å². The molecule has 0 unspecified atom stereocenters. The third kappa shape index (κ3) is 3.17. The number of aliphatic hydroxyl groups excluding tert-OH is 2. The topological polar surface area (TPSA) is 87.1 Å². The summed E-state index contributed by atoms with van der Waals surface area (Å²) in [6, 6.07) is 0. The van der Waals surface area contributed by atoms with E-state index in [0.717, 1.165) is 24.1 Å². The molecule has 0 saturated carbocycles. The Bertz CT molecular complexity index is 396. The summed E-state index contributed by atoms with van der Waals surface area (Å²) in [5.41, 5.74) is -2.25. The maximum Gasteiger partial charge on any atom is 0.225 e. The SMILES string of the molecule is CC(=O)/C=C\N(C(C)=O)[C@@H]1O[C@H](CO)[C@@H](O)[C@@]1(C)F. The minimum atomic E-state index is -2.25. The molecule has 4 atom stereocenters. The standard InChI is InChI=1S/C12H18FNO5/c1-7(16)4-5-14(8(2)17)11-12(3,13)10(18)9(6-15)19-11/h4-5,9-11,15,18H,6H2,1-3H3/b5-4-/t9-,10-,11-,12-/m1/s1. The molecule has 0 aromatic heterocycles. The molecule has 7 heteroatoms. The van der Waals surface area contributed by atoms with Crippen molar-refractivity contribution in [3.8, 4) is 0 Å². The summed E-state index contributed by atoms with van der Waals surface area (Å²) in [7, 11) is 0. The maximum atomic E-state index is 14.4. The molecule has 0 aliphatic carbocycles. The summed E-state index contributed by atoms with van der Waals surface area (Å²) in [5.74, 6) is -0.860. The Balaban J connectivity index is 3.03. The summed E-state index contributed by atoms with van der Waals surface area (Å²) >= 11 is 0. The number of alkyl halides is 1. The molecule has 0 radical (unpaired) electrons. The van der Waals surface area contributed by atoms with E-state index in [4.69, 9.17) is 9.84 Å². The van der Waals surface area contributed by atoms with Gasteiger partial charge in [-0.25, -0.2) is 4.39 Å². The molecule has 0 spiro atoms. The fraction of sp³-hybridized carbons (Fsp3) is 0.667. The highest BCUT2D eigenvalue weighted by atomic mass is 19.1. The number of hydrogen-bond acceptors (Lipinski definition) is 5. The summed E-state index contributed by atoms with van der Waals surface area (Å²) in [6.45, 7) is 2.97. The van der Waals surface area contributed by atoms with Gasteiger partial charge in [-0.05, 0) is 19.9 Å². The van der Waals surface area contributed by atoms with E-state index in [1.54, 1.807) is 0 Å². The lowest BCUT2D eigenvalue weighted by Crippen LogP contribution is -2.49. The number of rotatable bonds is 4. The van der Waals surface area contributed by atoms with Crippen LogP contribution in [0.2, 0.25) is 0 Å². The average molecular weight is 275 g/mol. The van der Waals surface area contributed by atoms with Gasteiger partial charge in [0.15, 0.2) is 17.7 Å². The van der Waals surface area contributed by atoms with Crippen molar-refractivity contribution in [1.29, 1.82) is 0 Å². The Kier molecular flexibility index (Phi) is 4.78. The summed E-state index contributed by atoms with van der Waals surface area (Å²) < 4.78 is 19.6. The molecule has 1 aliphatic rings. The van der Waals surface area contributed by atoms with Crippen molar-refractivity contribution in [3.05, 3.63) is 12.3 Å². The molecule has 19 heavy (non-hydrogen) atoms. The van der Waals surface area contributed by atoms with E-state index >= 15 is 0 Å². The molecule has 0 aromatic carbocycles. The number of aliphatic hydroxyl groups is 2. The number of nitrogens with zero attached hydrogens (tertiary/aromatic N) is 1. The second kappa shape index (κ2) is 5.77. The molecule has 108 valence electrons. The number of halogens is 1. The number of amides is 1. The zero-order valence-electron chi connectivity index (χ0n) is 11.0. The molecule has 1 amide bonds. The van der Waals surface area contributed by atoms with Crippen LogP contribution >= 0.6 is 0 Å². The highest BCUT2D eigenvalue weighted by Gasteiger charge is 2.56. The molecule has 1 fully saturated rings. The van der Waals surface area contributed by atoms with Gasteiger partial charge < -0.3 is 14.9 Å². The summed E-state index contributed by atoms with van der Waals surface area (Å²) in [6.07, 6.45) is -1.87. The zero-order chi connectivity index (χ0) is 14.8. The lowest BCUT2D eigenvalue weighted by molar-refractivity contribution is -0.146. The van der Waals surface area contributed by atoms with Crippen LogP contribution in [0.25, 0.3) is 0 Å². The Hall–Kier alpha value is -1.31. The summed E-state index contributed by atoms with van der Waals surface area (Å²) in [4.78, 5) is 23.3. The average Bonchev–Trinajstić information content (AvgIpc) is 2.52. The minimum absolute atomic E-state index is 0.316. The van der Waals surface area contributed by atoms with Crippen molar-refractivity contribution in [2.75, 3.05) is 6.61 Å². The largest absolute Gasteiger partial charge is 0.394 e. The highest BCUT2D eigenvalue weighted by Crippen LogP contribution is 2.36. The van der Waals surface area contributed by atoms with E-state index in [9.17, 15) is 19.1 Å². The van der Waals surface area contributed by atoms with E-state index in [0.29, 0.717) is 0 Å². The van der Waals surface area contributed by atoms with Crippen LogP contribution in [0, 0.1) is 0 Å². The van der Waals surface area contributed by atoms with E-state index < -0.39 is 36.6 Å². The van der Waals surface area contributed by atoms with Gasteiger partial charge in [0.2, 0.25) is 5.91 Å². The van der Waals surface area contributed by atoms with Crippen molar-refractivity contribution < 1.29 is 28.9 Å². The lowest BCUT2D eigenvalue weighted by Gasteiger charge is -2.31. The first kappa shape index (κ1) is 15.7. The Morgan fingerprint density at radius 2 is 2.05 bits per heavy atom. The van der Waals surface area contributed by atoms with Gasteiger partial charge in [0.1, 0.15) is 12.2 Å². The van der Waals surface area contributed by atoms with Crippen molar-refractivity contribution in [2.45, 2.75) is 44.9 Å². The molecule has 2 N–H and O–H groups in total. The minimum Gasteiger partial charge on any atom is -0.394 e. The van der Waals surface area contributed by atoms with Crippen LogP contribution in [0.5, 0.6) is 0 Å². The number of ether oxygens (including phenoxy) is 1. The Labute approximate surface area is 110 Å². The molecular formula is C12H18FNO5. The molecule has 1 saturated heterocycles. The molecular weight excluding hydrogens is 257 g/mol. The second-order valence-electron chi connectivity index (χ2n) is 4.66. The van der Waals surface area contributed by atoms with Crippen LogP contribution < -0.4 is 0 Å². The zero-order valence-corrected chi connectivity index (χ0v) is 11.0. The first-order chi connectivity index (χ1) is 8.71. The predicted octanol–water partition coefficient (Wildman–Crippen LogP) is -0.256. The van der Waals surface area contributed by atoms with E-state index in [1.807, 2.05) is 0 Å². The number of ketones is 1. The first-order valence-electron chi connectivity index (χ1n) is 5.82. The van der Waals surface area contributed by atoms with Gasteiger partial charge in [0.25, 0.3) is 0 Å². The van der Waals surface area contributed by atoms with Gasteiger partial charge in [-0.1, -0.05) is 0 Å². The van der Waals surface area contributed by atoms with Gasteiger partial charge in [-0.2, -0.15) is 0 Å². The third-order valence-corrected chi connectivity index (χ3v) is 2.98. The van der Waals surface area contributed by atoms with Crippen molar-refractivity contribution in [1.82, 2.24) is 4.90 Å². The van der Waals surface area contributed by atoms with Crippen molar-refractivity contribution in [3.63, 3.8) is 0 Å². The number of allylic oxidation sites excluding steroid dienone is 1. The van der Waals surface area contributed by atoms with Gasteiger partial charge in [0.05, 0.1) is 6.61 Å². The molecule has 6 nitrogen and oxygen atoms in total. The van der Waals surface area contributed by atoms with E-state index in [2.05, 4.69) is 0 Å². The number of hydrogen-bond donors (Lipinski definition) is 2. The summed E-state index contributed by atoms with van der Waals surface area (Å²) in [5, 5.41) is 18.7. The quantitative estimate of drug-likeness (QED) is 0.690. The molecule has 1 aliphatic heterocycles. The van der Waals surface area contributed by atoms with Crippen LogP contribution in [0.4, 0.5) is 4.39 Å². The van der Waals surface area contributed by atoms with Crippen molar-refractivity contribution in [2.24, 2.45) is 0 Å². The molecule has 1 heterocycles.